The van der Waals surface area contributed by atoms with Crippen molar-refractivity contribution < 1.29 is 19.7 Å². The predicted octanol–water partition coefficient (Wildman–Crippen LogP) is 0.986. The molecule has 10 heteroatoms. The van der Waals surface area contributed by atoms with Crippen molar-refractivity contribution in [1.82, 2.24) is 19.5 Å². The van der Waals surface area contributed by atoms with Crippen LogP contribution in [0.5, 0.6) is 5.75 Å². The van der Waals surface area contributed by atoms with Crippen molar-refractivity contribution in [2.24, 2.45) is 0 Å². The second-order valence-electron chi connectivity index (χ2n) is 8.12. The Balaban J connectivity index is 1.26. The van der Waals surface area contributed by atoms with Crippen LogP contribution < -0.4 is 16.2 Å². The van der Waals surface area contributed by atoms with Crippen molar-refractivity contribution in [3.05, 3.63) is 48.9 Å². The number of nitrogens with two attached hydrogens (primary N) is 2. The Morgan fingerprint density at radius 3 is 2.84 bits per heavy atom. The summed E-state index contributed by atoms with van der Waals surface area (Å²) >= 11 is 0. The second kappa shape index (κ2) is 6.03. The first-order valence-corrected chi connectivity index (χ1v) is 9.85. The Bertz CT molecular complexity index is 1340. The Kier molecular flexibility index (Phi) is 3.56. The Morgan fingerprint density at radius 2 is 1.97 bits per heavy atom. The molecule has 0 spiro atoms. The maximum atomic E-state index is 11.1. The fourth-order valence-electron chi connectivity index (χ4n) is 4.47. The monoisotopic (exact) mass is 420 g/mol. The summed E-state index contributed by atoms with van der Waals surface area (Å²) in [5.41, 5.74) is 10.1. The molecule has 1 saturated heterocycles. The second-order valence-corrected chi connectivity index (χ2v) is 8.12. The Hall–Kier alpha value is -3.47. The van der Waals surface area contributed by atoms with Crippen LogP contribution in [0.2, 0.25) is 0 Å². The lowest BCUT2D eigenvalue weighted by Crippen LogP contribution is -2.35. The van der Waals surface area contributed by atoms with Crippen LogP contribution in [-0.4, -0.2) is 53.6 Å². The van der Waals surface area contributed by atoms with Crippen LogP contribution in [0.15, 0.2) is 48.9 Å². The van der Waals surface area contributed by atoms with Crippen LogP contribution in [-0.2, 0) is 4.74 Å². The maximum absolute atomic E-state index is 11.1. The third kappa shape index (κ3) is 2.52. The van der Waals surface area contributed by atoms with E-state index in [0.29, 0.717) is 33.9 Å². The third-order valence-electron chi connectivity index (χ3n) is 6.28. The molecule has 31 heavy (non-hydrogen) atoms. The number of hydrogen-bond acceptors (Lipinski definition) is 9. The average Bonchev–Trinajstić information content (AvgIpc) is 3.04. The number of nitrogens with zero attached hydrogens (tertiary/aromatic N) is 4. The molecule has 158 valence electrons. The van der Waals surface area contributed by atoms with Gasteiger partial charge in [0.1, 0.15) is 53.3 Å². The number of hydrogen-bond donors (Lipinski definition) is 4. The summed E-state index contributed by atoms with van der Waals surface area (Å²) in [7, 11) is 0. The lowest BCUT2D eigenvalue weighted by molar-refractivity contribution is -0.0904. The van der Waals surface area contributed by atoms with Gasteiger partial charge in [-0.25, -0.2) is 15.0 Å². The van der Waals surface area contributed by atoms with Gasteiger partial charge >= 0.3 is 0 Å². The van der Waals surface area contributed by atoms with Gasteiger partial charge in [-0.2, -0.15) is 0 Å². The zero-order valence-electron chi connectivity index (χ0n) is 16.3. The Morgan fingerprint density at radius 1 is 1.13 bits per heavy atom. The van der Waals surface area contributed by atoms with E-state index in [9.17, 15) is 10.2 Å². The van der Waals surface area contributed by atoms with Crippen LogP contribution in [0, 0.1) is 0 Å². The van der Waals surface area contributed by atoms with E-state index in [1.54, 1.807) is 29.0 Å². The van der Waals surface area contributed by atoms with Gasteiger partial charge in [0, 0.05) is 24.1 Å². The number of nitrogen functional groups attached to an aromatic ring is 2. The van der Waals surface area contributed by atoms with Crippen LogP contribution in [0.4, 0.5) is 11.6 Å². The molecule has 6 N–H and O–H groups in total. The van der Waals surface area contributed by atoms with Crippen molar-refractivity contribution in [2.45, 2.75) is 30.0 Å². The summed E-state index contributed by atoms with van der Waals surface area (Å²) in [6.07, 6.45) is 1.70. The molecule has 6 rings (SSSR count). The third-order valence-corrected chi connectivity index (χ3v) is 6.28. The zero-order chi connectivity index (χ0) is 21.4. The van der Waals surface area contributed by atoms with Crippen molar-refractivity contribution in [3.8, 4) is 5.75 Å². The number of anilines is 2. The molecule has 2 aliphatic rings. The SMILES string of the molecule is Nc1ccc2ccc(OC[C@H]3O[C@@H](n4ccc5c(N)ncnc54)[C@@]4(O)C[C@@]34O)cc2n1. The molecule has 10 nitrogen and oxygen atoms in total. The minimum atomic E-state index is -1.44. The summed E-state index contributed by atoms with van der Waals surface area (Å²) in [6.45, 7) is 0.0550. The highest BCUT2D eigenvalue weighted by Crippen LogP contribution is 2.63. The van der Waals surface area contributed by atoms with Gasteiger partial charge in [-0.3, -0.25) is 0 Å². The number of pyridine rings is 1. The first kappa shape index (κ1) is 18.3. The lowest BCUT2D eigenvalue weighted by Gasteiger charge is -2.22. The van der Waals surface area contributed by atoms with E-state index >= 15 is 0 Å². The van der Waals surface area contributed by atoms with E-state index in [1.165, 1.54) is 6.33 Å². The van der Waals surface area contributed by atoms with E-state index in [-0.39, 0.29) is 13.0 Å². The van der Waals surface area contributed by atoms with Gasteiger partial charge < -0.3 is 35.7 Å². The molecular formula is C21H20N6O4. The molecule has 0 unspecified atom stereocenters. The van der Waals surface area contributed by atoms with Gasteiger partial charge in [-0.1, -0.05) is 0 Å². The normalized spacial score (nSPS) is 29.4. The topological polar surface area (TPSA) is 155 Å². The van der Waals surface area contributed by atoms with Crippen LogP contribution in [0.25, 0.3) is 21.9 Å². The lowest BCUT2D eigenvalue weighted by atomic mass is 10.1. The number of rotatable bonds is 4. The Labute approximate surface area is 176 Å². The fourth-order valence-corrected chi connectivity index (χ4v) is 4.47. The fraction of sp³-hybridized carbons (Fsp3) is 0.286. The number of aliphatic hydroxyl groups is 2. The van der Waals surface area contributed by atoms with Gasteiger partial charge in [0.2, 0.25) is 0 Å². The van der Waals surface area contributed by atoms with Crippen LogP contribution in [0.1, 0.15) is 12.6 Å². The minimum absolute atomic E-state index is 0.0550. The molecule has 1 saturated carbocycles. The molecule has 1 aliphatic heterocycles. The molecule has 3 aromatic heterocycles. The molecule has 1 aliphatic carbocycles. The summed E-state index contributed by atoms with van der Waals surface area (Å²) in [6, 6.07) is 10.9. The van der Waals surface area contributed by atoms with Crippen molar-refractivity contribution in [3.63, 3.8) is 0 Å². The first-order chi connectivity index (χ1) is 14.9. The smallest absolute Gasteiger partial charge is 0.167 e. The van der Waals surface area contributed by atoms with Gasteiger partial charge in [0.25, 0.3) is 0 Å². The highest BCUT2D eigenvalue weighted by atomic mass is 16.6. The highest BCUT2D eigenvalue weighted by molar-refractivity contribution is 5.86. The first-order valence-electron chi connectivity index (χ1n) is 9.85. The molecule has 4 aromatic rings. The largest absolute Gasteiger partial charge is 0.491 e. The molecular weight excluding hydrogens is 400 g/mol. The molecule has 4 atom stereocenters. The van der Waals surface area contributed by atoms with E-state index < -0.39 is 23.5 Å². The van der Waals surface area contributed by atoms with Gasteiger partial charge in [0.15, 0.2) is 6.23 Å². The van der Waals surface area contributed by atoms with E-state index in [1.807, 2.05) is 18.2 Å². The van der Waals surface area contributed by atoms with E-state index in [0.717, 1.165) is 5.39 Å². The molecule has 1 aromatic carbocycles. The number of fused-ring (bicyclic) bond motifs is 3. The molecule has 0 amide bonds. The standard InChI is InChI=1S/C21H20N6O4/c22-16-4-2-11-1-3-12(7-14(11)26-16)30-8-15-20(28)9-21(20,29)19(31-15)27-6-5-13-17(23)24-10-25-18(13)27/h1-7,10,15,19,28-29H,8-9H2,(H2,22,26)(H2,23,24,25)/t15-,19-,20-,21+/m1/s1. The van der Waals surface area contributed by atoms with Gasteiger partial charge in [-0.05, 0) is 30.3 Å². The highest BCUT2D eigenvalue weighted by Gasteiger charge is 2.80. The summed E-state index contributed by atoms with van der Waals surface area (Å²) in [5.74, 6) is 1.33. The quantitative estimate of drug-likeness (QED) is 0.378. The summed E-state index contributed by atoms with van der Waals surface area (Å²) in [5, 5.41) is 23.7. The molecule has 4 heterocycles. The van der Waals surface area contributed by atoms with Gasteiger partial charge in [-0.15, -0.1) is 0 Å². The van der Waals surface area contributed by atoms with Crippen molar-refractivity contribution in [2.75, 3.05) is 18.1 Å². The summed E-state index contributed by atoms with van der Waals surface area (Å²) < 4.78 is 13.6. The van der Waals surface area contributed by atoms with Crippen LogP contribution in [0.3, 0.4) is 0 Å². The molecule has 0 bridgehead atoms. The number of aromatic nitrogens is 4. The van der Waals surface area contributed by atoms with Crippen molar-refractivity contribution in [1.29, 1.82) is 0 Å². The van der Waals surface area contributed by atoms with E-state index in [2.05, 4.69) is 15.0 Å². The number of ether oxygens (including phenoxy) is 2. The zero-order valence-corrected chi connectivity index (χ0v) is 16.3. The average molecular weight is 420 g/mol. The molecule has 2 fully saturated rings. The van der Waals surface area contributed by atoms with Crippen molar-refractivity contribution >= 4 is 33.6 Å². The van der Waals surface area contributed by atoms with Crippen LogP contribution >= 0.6 is 0 Å². The predicted molar refractivity (Wildman–Crippen MR) is 112 cm³/mol. The summed E-state index contributed by atoms with van der Waals surface area (Å²) in [4.78, 5) is 12.5. The van der Waals surface area contributed by atoms with E-state index in [4.69, 9.17) is 20.9 Å². The number of benzene rings is 1. The molecule has 0 radical (unpaired) electrons. The van der Waals surface area contributed by atoms with Gasteiger partial charge in [0.05, 0.1) is 10.9 Å². The maximum Gasteiger partial charge on any atom is 0.167 e. The minimum Gasteiger partial charge on any atom is -0.491 e.